The number of carbonyl (C=O) groups is 1. The molecule has 0 unspecified atom stereocenters. The van der Waals surface area contributed by atoms with Crippen molar-refractivity contribution in [2.75, 3.05) is 18.1 Å². The normalized spacial score (nSPS) is 19.8. The predicted molar refractivity (Wildman–Crippen MR) is 80.6 cm³/mol. The van der Waals surface area contributed by atoms with Gasteiger partial charge in [-0.25, -0.2) is 13.4 Å². The first kappa shape index (κ1) is 15.7. The lowest BCUT2D eigenvalue weighted by Gasteiger charge is -2.08. The molecule has 2 aromatic heterocycles. The van der Waals surface area contributed by atoms with Gasteiger partial charge >= 0.3 is 0 Å². The first-order valence-corrected chi connectivity index (χ1v) is 9.12. The summed E-state index contributed by atoms with van der Waals surface area (Å²) in [7, 11) is -3.08. The molecule has 0 aliphatic carbocycles. The van der Waals surface area contributed by atoms with E-state index in [4.69, 9.17) is 4.74 Å². The van der Waals surface area contributed by atoms with Crippen LogP contribution in [0.3, 0.4) is 0 Å². The van der Waals surface area contributed by atoms with Crippen molar-refractivity contribution in [2.24, 2.45) is 5.92 Å². The second-order valence-electron chi connectivity index (χ2n) is 5.29. The monoisotopic (exact) mass is 339 g/mol. The highest BCUT2D eigenvalue weighted by Gasteiger charge is 2.32. The zero-order valence-electron chi connectivity index (χ0n) is 12.6. The number of fused-ring (bicyclic) bond motifs is 1. The van der Waals surface area contributed by atoms with Gasteiger partial charge in [-0.15, -0.1) is 10.2 Å². The Hall–Kier alpha value is -2.23. The van der Waals surface area contributed by atoms with E-state index in [1.807, 2.05) is 6.92 Å². The Labute approximate surface area is 133 Å². The largest absolute Gasteiger partial charge is 0.475 e. The molecule has 23 heavy (non-hydrogen) atoms. The number of hydrogen-bond acceptors (Lipinski definition) is 7. The molecular weight excluding hydrogens is 322 g/mol. The third-order valence-electron chi connectivity index (χ3n) is 3.67. The van der Waals surface area contributed by atoms with Gasteiger partial charge in [0.2, 0.25) is 11.6 Å². The van der Waals surface area contributed by atoms with Crippen LogP contribution in [0.2, 0.25) is 0 Å². The SMILES string of the molecule is CCOc1nccn2c(CNC(=O)[C@@H]3CCS(=O)(=O)C3)nnc12. The lowest BCUT2D eigenvalue weighted by Crippen LogP contribution is -2.31. The van der Waals surface area contributed by atoms with Gasteiger partial charge in [-0.1, -0.05) is 0 Å². The summed E-state index contributed by atoms with van der Waals surface area (Å²) in [5.74, 6) is 0.126. The number of nitrogens with zero attached hydrogens (tertiary/aromatic N) is 4. The highest BCUT2D eigenvalue weighted by molar-refractivity contribution is 7.91. The Bertz CT molecular complexity index is 832. The van der Waals surface area contributed by atoms with Crippen LogP contribution < -0.4 is 10.1 Å². The number of ether oxygens (including phenoxy) is 1. The van der Waals surface area contributed by atoms with Gasteiger partial charge in [0.25, 0.3) is 5.88 Å². The summed E-state index contributed by atoms with van der Waals surface area (Å²) in [6, 6.07) is 0. The van der Waals surface area contributed by atoms with Crippen LogP contribution >= 0.6 is 0 Å². The molecule has 1 saturated heterocycles. The van der Waals surface area contributed by atoms with E-state index in [-0.39, 0.29) is 24.0 Å². The first-order chi connectivity index (χ1) is 11.0. The molecule has 0 saturated carbocycles. The summed E-state index contributed by atoms with van der Waals surface area (Å²) >= 11 is 0. The smallest absolute Gasteiger partial charge is 0.260 e. The van der Waals surface area contributed by atoms with Gasteiger partial charge in [0, 0.05) is 12.4 Å². The quantitative estimate of drug-likeness (QED) is 0.786. The number of aromatic nitrogens is 4. The van der Waals surface area contributed by atoms with E-state index in [9.17, 15) is 13.2 Å². The molecule has 3 heterocycles. The molecule has 124 valence electrons. The second-order valence-corrected chi connectivity index (χ2v) is 7.52. The Balaban J connectivity index is 1.70. The number of sulfone groups is 1. The molecule has 0 bridgehead atoms. The molecule has 1 aliphatic heterocycles. The average Bonchev–Trinajstić information content (AvgIpc) is 3.09. The minimum atomic E-state index is -3.08. The molecule has 3 rings (SSSR count). The summed E-state index contributed by atoms with van der Waals surface area (Å²) < 4.78 is 29.9. The number of amides is 1. The molecule has 1 aliphatic rings. The Kier molecular flexibility index (Phi) is 4.16. The molecule has 1 N–H and O–H groups in total. The van der Waals surface area contributed by atoms with Crippen molar-refractivity contribution >= 4 is 21.4 Å². The maximum absolute atomic E-state index is 12.1. The molecule has 1 atom stereocenters. The predicted octanol–water partition coefficient (Wildman–Crippen LogP) is -0.426. The van der Waals surface area contributed by atoms with Crippen LogP contribution in [0.1, 0.15) is 19.2 Å². The zero-order valence-corrected chi connectivity index (χ0v) is 13.4. The maximum Gasteiger partial charge on any atom is 0.260 e. The molecule has 1 amide bonds. The molecule has 0 radical (unpaired) electrons. The lowest BCUT2D eigenvalue weighted by atomic mass is 10.1. The zero-order chi connectivity index (χ0) is 16.4. The van der Waals surface area contributed by atoms with E-state index in [2.05, 4.69) is 20.5 Å². The number of nitrogens with one attached hydrogen (secondary N) is 1. The average molecular weight is 339 g/mol. The molecule has 9 nitrogen and oxygen atoms in total. The van der Waals surface area contributed by atoms with Crippen LogP contribution in [0.4, 0.5) is 0 Å². The van der Waals surface area contributed by atoms with E-state index in [0.717, 1.165) is 0 Å². The van der Waals surface area contributed by atoms with Crippen molar-refractivity contribution in [2.45, 2.75) is 19.9 Å². The van der Waals surface area contributed by atoms with E-state index in [0.29, 0.717) is 30.4 Å². The van der Waals surface area contributed by atoms with Gasteiger partial charge in [-0.2, -0.15) is 0 Å². The minimum Gasteiger partial charge on any atom is -0.475 e. The Morgan fingerprint density at radius 3 is 3.00 bits per heavy atom. The van der Waals surface area contributed by atoms with E-state index < -0.39 is 15.8 Å². The fourth-order valence-corrected chi connectivity index (χ4v) is 4.26. The van der Waals surface area contributed by atoms with Crippen LogP contribution in [0.5, 0.6) is 5.88 Å². The van der Waals surface area contributed by atoms with Gasteiger partial charge in [0.15, 0.2) is 15.7 Å². The van der Waals surface area contributed by atoms with Crippen molar-refractivity contribution in [3.63, 3.8) is 0 Å². The minimum absolute atomic E-state index is 0.0718. The van der Waals surface area contributed by atoms with E-state index >= 15 is 0 Å². The van der Waals surface area contributed by atoms with Crippen LogP contribution in [0, 0.1) is 5.92 Å². The number of rotatable bonds is 5. The number of carbonyl (C=O) groups excluding carboxylic acids is 1. The highest BCUT2D eigenvalue weighted by Crippen LogP contribution is 2.19. The first-order valence-electron chi connectivity index (χ1n) is 7.29. The molecule has 0 spiro atoms. The van der Waals surface area contributed by atoms with Crippen LogP contribution in [-0.4, -0.2) is 52.0 Å². The fourth-order valence-electron chi connectivity index (χ4n) is 2.52. The molecular formula is C13H17N5O4S. The van der Waals surface area contributed by atoms with Gasteiger partial charge in [0.1, 0.15) is 0 Å². The van der Waals surface area contributed by atoms with Crippen molar-refractivity contribution in [3.05, 3.63) is 18.2 Å². The number of hydrogen-bond donors (Lipinski definition) is 1. The summed E-state index contributed by atoms with van der Waals surface area (Å²) in [5.41, 5.74) is 0.474. The van der Waals surface area contributed by atoms with Crippen molar-refractivity contribution in [1.82, 2.24) is 24.9 Å². The van der Waals surface area contributed by atoms with Gasteiger partial charge < -0.3 is 10.1 Å². The van der Waals surface area contributed by atoms with E-state index in [1.165, 1.54) is 0 Å². The summed E-state index contributed by atoms with van der Waals surface area (Å²) in [6.07, 6.45) is 3.61. The topological polar surface area (TPSA) is 116 Å². The maximum atomic E-state index is 12.1. The Morgan fingerprint density at radius 1 is 1.48 bits per heavy atom. The molecule has 1 fully saturated rings. The molecule has 0 aromatic carbocycles. The standard InChI is InChI=1S/C13H17N5O4S/c1-2-22-13-11-17-16-10(18(11)5-4-14-13)7-15-12(19)9-3-6-23(20,21)8-9/h4-5,9H,2-3,6-8H2,1H3,(H,15,19)/t9-/m1/s1. The molecule has 2 aromatic rings. The summed E-state index contributed by atoms with van der Waals surface area (Å²) in [5, 5.41) is 10.8. The van der Waals surface area contributed by atoms with Crippen molar-refractivity contribution in [1.29, 1.82) is 0 Å². The summed E-state index contributed by atoms with van der Waals surface area (Å²) in [6.45, 7) is 2.46. The van der Waals surface area contributed by atoms with Crippen LogP contribution in [-0.2, 0) is 21.2 Å². The second kappa shape index (κ2) is 6.11. The summed E-state index contributed by atoms with van der Waals surface area (Å²) in [4.78, 5) is 16.1. The third-order valence-corrected chi connectivity index (χ3v) is 5.44. The van der Waals surface area contributed by atoms with E-state index in [1.54, 1.807) is 16.8 Å². The van der Waals surface area contributed by atoms with Crippen molar-refractivity contribution in [3.8, 4) is 5.88 Å². The highest BCUT2D eigenvalue weighted by atomic mass is 32.2. The van der Waals surface area contributed by atoms with Gasteiger partial charge in [-0.3, -0.25) is 9.20 Å². The van der Waals surface area contributed by atoms with Crippen LogP contribution in [0.15, 0.2) is 12.4 Å². The Morgan fingerprint density at radius 2 is 2.30 bits per heavy atom. The van der Waals surface area contributed by atoms with Crippen LogP contribution in [0.25, 0.3) is 5.65 Å². The van der Waals surface area contributed by atoms with Gasteiger partial charge in [-0.05, 0) is 13.3 Å². The third kappa shape index (κ3) is 3.26. The lowest BCUT2D eigenvalue weighted by molar-refractivity contribution is -0.124. The fraction of sp³-hybridized carbons (Fsp3) is 0.538. The van der Waals surface area contributed by atoms with Gasteiger partial charge in [0.05, 0.1) is 30.6 Å². The molecule has 10 heteroatoms. The van der Waals surface area contributed by atoms with Crippen molar-refractivity contribution < 1.29 is 17.9 Å².